The molecule has 1 atom stereocenters. The molecule has 10 nitrogen and oxygen atoms in total. The zero-order valence-corrected chi connectivity index (χ0v) is 23.5. The van der Waals surface area contributed by atoms with Crippen molar-refractivity contribution in [3.8, 4) is 6.07 Å². The molecule has 1 aromatic carbocycles. The first-order chi connectivity index (χ1) is 18.6. The minimum absolute atomic E-state index is 0.169. The highest BCUT2D eigenvalue weighted by Crippen LogP contribution is 2.36. The van der Waals surface area contributed by atoms with Crippen molar-refractivity contribution in [2.45, 2.75) is 52.4 Å². The third-order valence-electron chi connectivity index (χ3n) is 7.16. The topological polar surface area (TPSA) is 114 Å². The van der Waals surface area contributed by atoms with Gasteiger partial charge in [-0.05, 0) is 69.9 Å². The maximum atomic E-state index is 11.8. The maximum absolute atomic E-state index is 11.8. The summed E-state index contributed by atoms with van der Waals surface area (Å²) in [5.74, 6) is 1.17. The van der Waals surface area contributed by atoms with E-state index in [1.807, 2.05) is 32.9 Å². The number of benzene rings is 1. The third kappa shape index (κ3) is 8.04. The largest absolute Gasteiger partial charge is 0.508 e. The summed E-state index contributed by atoms with van der Waals surface area (Å²) in [6, 6.07) is 11.4. The lowest BCUT2D eigenvalue weighted by Gasteiger charge is -2.38. The molecule has 1 unspecified atom stereocenters. The lowest BCUT2D eigenvalue weighted by Crippen LogP contribution is -2.47. The van der Waals surface area contributed by atoms with E-state index in [2.05, 4.69) is 39.1 Å². The number of nitrogens with one attached hydrogen (secondary N) is 1. The second kappa shape index (κ2) is 12.6. The van der Waals surface area contributed by atoms with Gasteiger partial charge in [0.2, 0.25) is 5.76 Å². The van der Waals surface area contributed by atoms with Gasteiger partial charge in [-0.2, -0.15) is 5.26 Å². The molecular weight excluding hydrogens is 498 g/mol. The Balaban J connectivity index is 1.38. The first-order valence-corrected chi connectivity index (χ1v) is 13.8. The van der Waals surface area contributed by atoms with E-state index < -0.39 is 18.0 Å². The smallest absolute Gasteiger partial charge is 0.446 e. The molecule has 0 bridgehead atoms. The number of hydrogen-bond donors (Lipinski definition) is 2. The van der Waals surface area contributed by atoms with Crippen molar-refractivity contribution < 1.29 is 23.8 Å². The number of aliphatic hydroxyl groups excluding tert-OH is 1. The van der Waals surface area contributed by atoms with Gasteiger partial charge in [0.25, 0.3) is 0 Å². The highest BCUT2D eigenvalue weighted by atomic mass is 16.7. The number of piperazine rings is 1. The number of rotatable bonds is 8. The quantitative estimate of drug-likeness (QED) is 0.365. The SMILES string of the molecule is CC1CCN(c2cc(N3CCN(CCOC(=O)OC(C)(C)C)CC3)ccc2NC(O)c2ccc(C#N)o2)CC1. The van der Waals surface area contributed by atoms with Crippen LogP contribution in [0.5, 0.6) is 0 Å². The molecule has 4 rings (SSSR count). The van der Waals surface area contributed by atoms with Crippen LogP contribution in [0.1, 0.15) is 58.3 Å². The van der Waals surface area contributed by atoms with Gasteiger partial charge in [-0.25, -0.2) is 4.79 Å². The van der Waals surface area contributed by atoms with Crippen molar-refractivity contribution in [3.63, 3.8) is 0 Å². The van der Waals surface area contributed by atoms with E-state index in [4.69, 9.17) is 19.2 Å². The standard InChI is InChI=1S/C29H41N5O5/c1-21-9-11-34(12-10-21)25-19-22(5-7-24(25)31-27(35)26-8-6-23(20-30)38-26)33-15-13-32(14-16-33)17-18-37-28(36)39-29(2,3)4/h5-8,19,21,27,31,35H,9-18H2,1-4H3. The van der Waals surface area contributed by atoms with E-state index in [-0.39, 0.29) is 5.76 Å². The number of nitrogens with zero attached hydrogens (tertiary/aromatic N) is 4. The monoisotopic (exact) mass is 539 g/mol. The molecule has 2 N–H and O–H groups in total. The molecule has 2 aromatic rings. The van der Waals surface area contributed by atoms with Crippen LogP contribution in [0.2, 0.25) is 0 Å². The van der Waals surface area contributed by atoms with Crippen molar-refractivity contribution in [2.75, 3.05) is 67.5 Å². The van der Waals surface area contributed by atoms with Crippen molar-refractivity contribution in [2.24, 2.45) is 5.92 Å². The highest BCUT2D eigenvalue weighted by Gasteiger charge is 2.24. The Hall–Kier alpha value is -3.42. The summed E-state index contributed by atoms with van der Waals surface area (Å²) < 4.78 is 15.9. The summed E-state index contributed by atoms with van der Waals surface area (Å²) in [5.41, 5.74) is 2.46. The molecule has 2 aliphatic rings. The van der Waals surface area contributed by atoms with E-state index in [9.17, 15) is 9.90 Å². The molecule has 0 amide bonds. The number of nitriles is 1. The highest BCUT2D eigenvalue weighted by molar-refractivity contribution is 5.76. The van der Waals surface area contributed by atoms with E-state index in [1.54, 1.807) is 12.1 Å². The summed E-state index contributed by atoms with van der Waals surface area (Å²) in [6.07, 6.45) is 0.559. The number of aliphatic hydroxyl groups is 1. The summed E-state index contributed by atoms with van der Waals surface area (Å²) >= 11 is 0. The van der Waals surface area contributed by atoms with Crippen molar-refractivity contribution in [1.82, 2.24) is 4.90 Å². The Kier molecular flexibility index (Phi) is 9.25. The fourth-order valence-corrected chi connectivity index (χ4v) is 4.90. The Morgan fingerprint density at radius 3 is 2.49 bits per heavy atom. The van der Waals surface area contributed by atoms with E-state index in [0.29, 0.717) is 24.8 Å². The van der Waals surface area contributed by atoms with E-state index >= 15 is 0 Å². The van der Waals surface area contributed by atoms with Gasteiger partial charge in [0.05, 0.1) is 11.4 Å². The van der Waals surface area contributed by atoms with Crippen LogP contribution < -0.4 is 15.1 Å². The van der Waals surface area contributed by atoms with Crippen molar-refractivity contribution in [3.05, 3.63) is 41.9 Å². The number of carbonyl (C=O) groups is 1. The van der Waals surface area contributed by atoms with Gasteiger partial charge in [-0.1, -0.05) is 6.92 Å². The Morgan fingerprint density at radius 2 is 1.85 bits per heavy atom. The molecule has 0 radical (unpaired) electrons. The van der Waals surface area contributed by atoms with Crippen LogP contribution in [0.4, 0.5) is 21.9 Å². The summed E-state index contributed by atoms with van der Waals surface area (Å²) in [7, 11) is 0. The minimum Gasteiger partial charge on any atom is -0.446 e. The molecule has 10 heteroatoms. The molecule has 212 valence electrons. The lowest BCUT2D eigenvalue weighted by molar-refractivity contribution is -0.0104. The van der Waals surface area contributed by atoms with Crippen LogP contribution in [0.25, 0.3) is 0 Å². The van der Waals surface area contributed by atoms with Crippen molar-refractivity contribution in [1.29, 1.82) is 5.26 Å². The Morgan fingerprint density at radius 1 is 1.13 bits per heavy atom. The fourth-order valence-electron chi connectivity index (χ4n) is 4.90. The van der Waals surface area contributed by atoms with Crippen LogP contribution in [-0.4, -0.2) is 74.2 Å². The summed E-state index contributed by atoms with van der Waals surface area (Å²) in [4.78, 5) is 18.8. The zero-order valence-electron chi connectivity index (χ0n) is 23.5. The molecule has 1 aromatic heterocycles. The second-order valence-electron chi connectivity index (χ2n) is 11.4. The lowest BCUT2D eigenvalue weighted by atomic mass is 9.98. The van der Waals surface area contributed by atoms with Gasteiger partial charge >= 0.3 is 6.16 Å². The third-order valence-corrected chi connectivity index (χ3v) is 7.16. The molecule has 39 heavy (non-hydrogen) atoms. The normalized spacial score (nSPS) is 17.9. The van der Waals surface area contributed by atoms with Gasteiger partial charge in [0.15, 0.2) is 12.0 Å². The van der Waals surface area contributed by atoms with E-state index in [0.717, 1.165) is 69.2 Å². The van der Waals surface area contributed by atoms with E-state index in [1.165, 1.54) is 0 Å². The maximum Gasteiger partial charge on any atom is 0.508 e. The Labute approximate surface area is 231 Å². The second-order valence-corrected chi connectivity index (χ2v) is 11.4. The number of hydrogen-bond acceptors (Lipinski definition) is 10. The van der Waals surface area contributed by atoms with Gasteiger partial charge < -0.3 is 34.1 Å². The number of furan rings is 1. The fraction of sp³-hybridized carbons (Fsp3) is 0.586. The predicted molar refractivity (Wildman–Crippen MR) is 150 cm³/mol. The molecule has 0 aliphatic carbocycles. The Bertz CT molecular complexity index is 1140. The minimum atomic E-state index is -1.06. The molecule has 2 saturated heterocycles. The van der Waals surface area contributed by atoms with Gasteiger partial charge in [0, 0.05) is 51.5 Å². The van der Waals surface area contributed by atoms with Crippen LogP contribution in [-0.2, 0) is 9.47 Å². The van der Waals surface area contributed by atoms with Gasteiger partial charge in [-0.3, -0.25) is 4.90 Å². The molecule has 3 heterocycles. The van der Waals surface area contributed by atoms with Crippen LogP contribution in [0, 0.1) is 17.2 Å². The number of piperidine rings is 1. The molecule has 2 aliphatic heterocycles. The molecule has 2 fully saturated rings. The number of carbonyl (C=O) groups excluding carboxylic acids is 1. The first kappa shape index (κ1) is 28.6. The summed E-state index contributed by atoms with van der Waals surface area (Å²) in [5, 5.41) is 23.0. The van der Waals surface area contributed by atoms with Gasteiger partial charge in [0.1, 0.15) is 18.3 Å². The number of anilines is 3. The average molecular weight is 540 g/mol. The molecule has 0 spiro atoms. The van der Waals surface area contributed by atoms with Crippen LogP contribution in [0.3, 0.4) is 0 Å². The van der Waals surface area contributed by atoms with Gasteiger partial charge in [-0.15, -0.1) is 0 Å². The van der Waals surface area contributed by atoms with Crippen molar-refractivity contribution >= 4 is 23.2 Å². The summed E-state index contributed by atoms with van der Waals surface area (Å²) in [6.45, 7) is 14.1. The number of ether oxygens (including phenoxy) is 2. The van der Waals surface area contributed by atoms with Crippen LogP contribution >= 0.6 is 0 Å². The average Bonchev–Trinajstić information content (AvgIpc) is 3.39. The predicted octanol–water partition coefficient (Wildman–Crippen LogP) is 4.56. The van der Waals surface area contributed by atoms with Crippen LogP contribution in [0.15, 0.2) is 34.7 Å². The molecular formula is C29H41N5O5. The molecule has 0 saturated carbocycles. The first-order valence-electron chi connectivity index (χ1n) is 13.8. The zero-order chi connectivity index (χ0) is 28.0.